The number of carboxylic acid groups (broad SMARTS) is 1. The number of carbonyl (C=O) groups is 2. The number of benzene rings is 1. The molecule has 0 bridgehead atoms. The van der Waals surface area contributed by atoms with Crippen LogP contribution in [0.3, 0.4) is 0 Å². The van der Waals surface area contributed by atoms with Gasteiger partial charge in [0.15, 0.2) is 0 Å². The SMILES string of the molecule is [N-]=[N+]=NC[C@]12CCC(=O)N1[C@H](C(=O)O)Cc1c2[nH]c2ccccc12. The normalized spacial score (nSPS) is 25.2. The van der Waals surface area contributed by atoms with E-state index in [0.717, 1.165) is 22.2 Å². The molecule has 3 heterocycles. The summed E-state index contributed by atoms with van der Waals surface area (Å²) in [5, 5.41) is 14.3. The van der Waals surface area contributed by atoms with Crippen LogP contribution in [0.15, 0.2) is 29.4 Å². The summed E-state index contributed by atoms with van der Waals surface area (Å²) in [6, 6.07) is 6.72. The van der Waals surface area contributed by atoms with E-state index in [0.29, 0.717) is 6.42 Å². The number of hydrogen-bond donors (Lipinski definition) is 2. The zero-order chi connectivity index (χ0) is 16.9. The molecule has 2 aliphatic heterocycles. The van der Waals surface area contributed by atoms with E-state index in [-0.39, 0.29) is 25.3 Å². The molecule has 24 heavy (non-hydrogen) atoms. The number of H-pyrrole nitrogens is 1. The van der Waals surface area contributed by atoms with E-state index in [1.54, 1.807) is 0 Å². The molecular weight excluding hydrogens is 310 g/mol. The highest BCUT2D eigenvalue weighted by Gasteiger charge is 2.55. The van der Waals surface area contributed by atoms with Gasteiger partial charge in [-0.25, -0.2) is 4.79 Å². The first-order valence-corrected chi connectivity index (χ1v) is 7.74. The highest BCUT2D eigenvalue weighted by Crippen LogP contribution is 2.48. The molecule has 1 fully saturated rings. The lowest BCUT2D eigenvalue weighted by atomic mass is 9.81. The lowest BCUT2D eigenvalue weighted by molar-refractivity contribution is -0.153. The Morgan fingerprint density at radius 1 is 1.50 bits per heavy atom. The third kappa shape index (κ3) is 1.77. The minimum absolute atomic E-state index is 0.0266. The summed E-state index contributed by atoms with van der Waals surface area (Å²) in [5.74, 6) is -1.24. The van der Waals surface area contributed by atoms with E-state index >= 15 is 0 Å². The molecule has 0 radical (unpaired) electrons. The average molecular weight is 325 g/mol. The average Bonchev–Trinajstić information content (AvgIpc) is 3.11. The number of amides is 1. The molecular formula is C16H15N5O3. The number of aromatic amines is 1. The van der Waals surface area contributed by atoms with Crippen LogP contribution in [0.2, 0.25) is 0 Å². The first kappa shape index (κ1) is 14.6. The van der Waals surface area contributed by atoms with Gasteiger partial charge in [0.25, 0.3) is 0 Å². The Morgan fingerprint density at radius 3 is 3.04 bits per heavy atom. The van der Waals surface area contributed by atoms with Crippen molar-refractivity contribution in [2.75, 3.05) is 6.54 Å². The maximum atomic E-state index is 12.4. The summed E-state index contributed by atoms with van der Waals surface area (Å²) >= 11 is 0. The highest BCUT2D eigenvalue weighted by molar-refractivity contribution is 5.92. The second-order valence-corrected chi connectivity index (χ2v) is 6.27. The van der Waals surface area contributed by atoms with Crippen molar-refractivity contribution < 1.29 is 14.7 Å². The Labute approximate surface area is 136 Å². The number of rotatable bonds is 3. The van der Waals surface area contributed by atoms with E-state index < -0.39 is 17.6 Å². The molecule has 0 aliphatic carbocycles. The predicted octanol–water partition coefficient (Wildman–Crippen LogP) is 2.31. The molecule has 2 aromatic rings. The van der Waals surface area contributed by atoms with Gasteiger partial charge in [-0.3, -0.25) is 4.79 Å². The van der Waals surface area contributed by atoms with Crippen LogP contribution in [0.5, 0.6) is 0 Å². The molecule has 0 spiro atoms. The van der Waals surface area contributed by atoms with E-state index in [1.807, 2.05) is 24.3 Å². The minimum Gasteiger partial charge on any atom is -0.480 e. The van der Waals surface area contributed by atoms with Crippen molar-refractivity contribution in [3.8, 4) is 0 Å². The van der Waals surface area contributed by atoms with Gasteiger partial charge in [-0.15, -0.1) is 0 Å². The van der Waals surface area contributed by atoms with Crippen molar-refractivity contribution in [1.29, 1.82) is 0 Å². The molecule has 122 valence electrons. The number of hydrogen-bond acceptors (Lipinski definition) is 3. The van der Waals surface area contributed by atoms with Gasteiger partial charge in [0.05, 0.1) is 12.1 Å². The molecule has 2 N–H and O–H groups in total. The molecule has 1 aromatic carbocycles. The number of fused-ring (bicyclic) bond motifs is 5. The maximum absolute atomic E-state index is 12.4. The number of aliphatic carboxylic acids is 1. The summed E-state index contributed by atoms with van der Waals surface area (Å²) in [5.41, 5.74) is 10.5. The fourth-order valence-corrected chi connectivity index (χ4v) is 4.19. The lowest BCUT2D eigenvalue weighted by Crippen LogP contribution is -2.58. The quantitative estimate of drug-likeness (QED) is 0.511. The Morgan fingerprint density at radius 2 is 2.29 bits per heavy atom. The van der Waals surface area contributed by atoms with Crippen molar-refractivity contribution in [2.24, 2.45) is 5.11 Å². The number of nitrogens with zero attached hydrogens (tertiary/aromatic N) is 4. The number of nitrogens with one attached hydrogen (secondary N) is 1. The van der Waals surface area contributed by atoms with Crippen molar-refractivity contribution >= 4 is 22.8 Å². The molecule has 2 aliphatic rings. The zero-order valence-electron chi connectivity index (χ0n) is 12.8. The van der Waals surface area contributed by atoms with Crippen molar-refractivity contribution in [2.45, 2.75) is 30.8 Å². The fraction of sp³-hybridized carbons (Fsp3) is 0.375. The van der Waals surface area contributed by atoms with Gasteiger partial charge in [-0.05, 0) is 23.6 Å². The Balaban J connectivity index is 2.02. The van der Waals surface area contributed by atoms with Crippen LogP contribution in [0.25, 0.3) is 21.3 Å². The van der Waals surface area contributed by atoms with Crippen LogP contribution in [-0.2, 0) is 21.5 Å². The summed E-state index contributed by atoms with van der Waals surface area (Å²) < 4.78 is 0. The number of carboxylic acids is 1. The van der Waals surface area contributed by atoms with E-state index in [2.05, 4.69) is 15.0 Å². The van der Waals surface area contributed by atoms with E-state index in [9.17, 15) is 14.7 Å². The summed E-state index contributed by atoms with van der Waals surface area (Å²) in [7, 11) is 0. The van der Waals surface area contributed by atoms with Gasteiger partial charge < -0.3 is 15.0 Å². The third-order valence-electron chi connectivity index (χ3n) is 5.15. The van der Waals surface area contributed by atoms with Crippen LogP contribution >= 0.6 is 0 Å². The van der Waals surface area contributed by atoms with Crippen LogP contribution in [0, 0.1) is 0 Å². The molecule has 4 rings (SSSR count). The summed E-state index contributed by atoms with van der Waals surface area (Å²) in [6.45, 7) is 0.0266. The molecule has 2 atom stereocenters. The van der Waals surface area contributed by atoms with Crippen molar-refractivity contribution in [3.63, 3.8) is 0 Å². The molecule has 0 saturated carbocycles. The van der Waals surface area contributed by atoms with Crippen molar-refractivity contribution in [3.05, 3.63) is 46.0 Å². The molecule has 8 nitrogen and oxygen atoms in total. The summed E-state index contributed by atoms with van der Waals surface area (Å²) in [4.78, 5) is 31.8. The molecule has 1 aromatic heterocycles. The Hall–Kier alpha value is -2.99. The number of carbonyl (C=O) groups excluding carboxylic acids is 1. The number of para-hydroxylation sites is 1. The van der Waals surface area contributed by atoms with Crippen LogP contribution in [0.1, 0.15) is 24.1 Å². The number of aromatic nitrogens is 1. The third-order valence-corrected chi connectivity index (χ3v) is 5.15. The zero-order valence-corrected chi connectivity index (χ0v) is 12.8. The van der Waals surface area contributed by atoms with Gasteiger partial charge in [0.2, 0.25) is 5.91 Å². The van der Waals surface area contributed by atoms with Gasteiger partial charge in [0.1, 0.15) is 6.04 Å². The van der Waals surface area contributed by atoms with Crippen molar-refractivity contribution in [1.82, 2.24) is 9.88 Å². The topological polar surface area (TPSA) is 122 Å². The van der Waals surface area contributed by atoms with E-state index in [1.165, 1.54) is 4.90 Å². The van der Waals surface area contributed by atoms with Gasteiger partial charge in [0, 0.05) is 34.4 Å². The first-order chi connectivity index (χ1) is 11.6. The number of azide groups is 1. The predicted molar refractivity (Wildman–Crippen MR) is 85.2 cm³/mol. The van der Waals surface area contributed by atoms with E-state index in [4.69, 9.17) is 5.53 Å². The molecule has 0 unspecified atom stereocenters. The summed E-state index contributed by atoms with van der Waals surface area (Å²) in [6.07, 6.45) is 0.937. The Kier molecular flexibility index (Phi) is 3.04. The Bertz CT molecular complexity index is 914. The fourth-order valence-electron chi connectivity index (χ4n) is 4.19. The maximum Gasteiger partial charge on any atom is 0.326 e. The second-order valence-electron chi connectivity index (χ2n) is 6.27. The molecule has 8 heteroatoms. The van der Waals surface area contributed by atoms with Gasteiger partial charge in [-0.1, -0.05) is 23.3 Å². The smallest absolute Gasteiger partial charge is 0.326 e. The molecule has 1 amide bonds. The van der Waals surface area contributed by atoms with Gasteiger partial charge >= 0.3 is 5.97 Å². The second kappa shape index (κ2) is 5.01. The molecule has 1 saturated heterocycles. The lowest BCUT2D eigenvalue weighted by Gasteiger charge is -2.44. The first-order valence-electron chi connectivity index (χ1n) is 7.74. The van der Waals surface area contributed by atoms with Gasteiger partial charge in [-0.2, -0.15) is 0 Å². The minimum atomic E-state index is -1.04. The monoisotopic (exact) mass is 325 g/mol. The highest BCUT2D eigenvalue weighted by atomic mass is 16.4. The van der Waals surface area contributed by atoms with Crippen LogP contribution < -0.4 is 0 Å². The standard InChI is InChI=1S/C16H15N5O3/c17-20-18-8-16-6-5-13(22)21(16)12(15(23)24)7-10-9-3-1-2-4-11(9)19-14(10)16/h1-4,12,19H,5-8H2,(H,23,24)/t12-,16-/m0/s1. The van der Waals surface area contributed by atoms with Crippen LogP contribution in [-0.4, -0.2) is 39.5 Å². The van der Waals surface area contributed by atoms with Crippen LogP contribution in [0.4, 0.5) is 0 Å². The largest absolute Gasteiger partial charge is 0.480 e.